The first-order valence-electron chi connectivity index (χ1n) is 3.69. The SMILES string of the molecule is c1cnnc(Cc2cn[nH]c2)c1. The van der Waals surface area contributed by atoms with Gasteiger partial charge in [0.25, 0.3) is 0 Å². The number of aromatic nitrogens is 4. The lowest BCUT2D eigenvalue weighted by atomic mass is 10.2. The summed E-state index contributed by atoms with van der Waals surface area (Å²) in [5.74, 6) is 0. The second kappa shape index (κ2) is 3.13. The highest BCUT2D eigenvalue weighted by molar-refractivity contribution is 5.13. The minimum Gasteiger partial charge on any atom is -0.285 e. The van der Waals surface area contributed by atoms with Crippen molar-refractivity contribution >= 4 is 0 Å². The topological polar surface area (TPSA) is 54.5 Å². The molecule has 0 aliphatic rings. The van der Waals surface area contributed by atoms with Gasteiger partial charge in [0, 0.05) is 18.8 Å². The van der Waals surface area contributed by atoms with E-state index in [9.17, 15) is 0 Å². The third-order valence-electron chi connectivity index (χ3n) is 1.57. The van der Waals surface area contributed by atoms with Crippen molar-refractivity contribution in [2.75, 3.05) is 0 Å². The Balaban J connectivity index is 2.15. The number of hydrogen-bond acceptors (Lipinski definition) is 3. The number of H-pyrrole nitrogens is 1. The van der Waals surface area contributed by atoms with Crippen molar-refractivity contribution in [3.05, 3.63) is 42.0 Å². The molecule has 0 fully saturated rings. The summed E-state index contributed by atoms with van der Waals surface area (Å²) < 4.78 is 0. The molecule has 1 N–H and O–H groups in total. The molecule has 2 rings (SSSR count). The van der Waals surface area contributed by atoms with E-state index < -0.39 is 0 Å². The average molecular weight is 160 g/mol. The molecule has 0 aliphatic carbocycles. The maximum Gasteiger partial charge on any atom is 0.0676 e. The summed E-state index contributed by atoms with van der Waals surface area (Å²) in [6.45, 7) is 0. The van der Waals surface area contributed by atoms with Gasteiger partial charge < -0.3 is 0 Å². The monoisotopic (exact) mass is 160 g/mol. The maximum atomic E-state index is 3.96. The molecule has 2 heterocycles. The number of hydrogen-bond donors (Lipinski definition) is 1. The van der Waals surface area contributed by atoms with Crippen LogP contribution < -0.4 is 0 Å². The first-order valence-corrected chi connectivity index (χ1v) is 3.69. The smallest absolute Gasteiger partial charge is 0.0676 e. The van der Waals surface area contributed by atoms with E-state index in [1.165, 1.54) is 0 Å². The maximum absolute atomic E-state index is 3.96. The largest absolute Gasteiger partial charge is 0.285 e. The molecule has 0 atom stereocenters. The lowest BCUT2D eigenvalue weighted by Crippen LogP contribution is -1.91. The van der Waals surface area contributed by atoms with Crippen molar-refractivity contribution < 1.29 is 0 Å². The van der Waals surface area contributed by atoms with Gasteiger partial charge in [-0.05, 0) is 17.7 Å². The minimum atomic E-state index is 0.782. The zero-order chi connectivity index (χ0) is 8.23. The van der Waals surface area contributed by atoms with Crippen molar-refractivity contribution in [1.82, 2.24) is 20.4 Å². The van der Waals surface area contributed by atoms with Gasteiger partial charge in [0.2, 0.25) is 0 Å². The molecule has 0 aromatic carbocycles. The molecule has 0 amide bonds. The lowest BCUT2D eigenvalue weighted by Gasteiger charge is -1.93. The standard InChI is InChI=1S/C8H8N4/c1-2-8(12-9-3-1)4-7-5-10-11-6-7/h1-3,5-6H,4H2,(H,10,11). The van der Waals surface area contributed by atoms with Crippen LogP contribution in [0.1, 0.15) is 11.3 Å². The number of aromatic amines is 1. The molecule has 0 radical (unpaired) electrons. The summed E-state index contributed by atoms with van der Waals surface area (Å²) in [5.41, 5.74) is 2.08. The fourth-order valence-electron chi connectivity index (χ4n) is 1.01. The Kier molecular flexibility index (Phi) is 1.82. The Bertz CT molecular complexity index is 327. The van der Waals surface area contributed by atoms with Crippen molar-refractivity contribution in [3.63, 3.8) is 0 Å². The van der Waals surface area contributed by atoms with Gasteiger partial charge in [-0.3, -0.25) is 5.10 Å². The molecule has 60 valence electrons. The molecular formula is C8H8N4. The molecule has 12 heavy (non-hydrogen) atoms. The third-order valence-corrected chi connectivity index (χ3v) is 1.57. The fraction of sp³-hybridized carbons (Fsp3) is 0.125. The predicted octanol–water partition coefficient (Wildman–Crippen LogP) is 0.790. The van der Waals surface area contributed by atoms with Gasteiger partial charge in [-0.1, -0.05) is 0 Å². The quantitative estimate of drug-likeness (QED) is 0.706. The van der Waals surface area contributed by atoms with Crippen LogP contribution in [0.2, 0.25) is 0 Å². The van der Waals surface area contributed by atoms with Crippen LogP contribution in [0.3, 0.4) is 0 Å². The van der Waals surface area contributed by atoms with Crippen molar-refractivity contribution in [3.8, 4) is 0 Å². The van der Waals surface area contributed by atoms with E-state index >= 15 is 0 Å². The van der Waals surface area contributed by atoms with Crippen LogP contribution in [0, 0.1) is 0 Å². The Hall–Kier alpha value is -1.71. The third kappa shape index (κ3) is 1.47. The van der Waals surface area contributed by atoms with Crippen molar-refractivity contribution in [1.29, 1.82) is 0 Å². The van der Waals surface area contributed by atoms with E-state index in [0.29, 0.717) is 0 Å². The van der Waals surface area contributed by atoms with Gasteiger partial charge in [-0.2, -0.15) is 15.3 Å². The van der Waals surface area contributed by atoms with Crippen molar-refractivity contribution in [2.45, 2.75) is 6.42 Å². The van der Waals surface area contributed by atoms with E-state index in [1.807, 2.05) is 18.3 Å². The van der Waals surface area contributed by atoms with Gasteiger partial charge in [0.1, 0.15) is 0 Å². The first kappa shape index (κ1) is 6.97. The van der Waals surface area contributed by atoms with Gasteiger partial charge in [-0.25, -0.2) is 0 Å². The Morgan fingerprint density at radius 3 is 3.08 bits per heavy atom. The van der Waals surface area contributed by atoms with Crippen LogP contribution in [-0.4, -0.2) is 20.4 Å². The van der Waals surface area contributed by atoms with Crippen LogP contribution >= 0.6 is 0 Å². The lowest BCUT2D eigenvalue weighted by molar-refractivity contribution is 0.937. The molecule has 0 saturated carbocycles. The molecule has 2 aromatic rings. The predicted molar refractivity (Wildman–Crippen MR) is 43.4 cm³/mol. The Labute approximate surface area is 69.7 Å². The van der Waals surface area contributed by atoms with Gasteiger partial charge >= 0.3 is 0 Å². The molecule has 0 saturated heterocycles. The zero-order valence-corrected chi connectivity index (χ0v) is 6.44. The first-order chi connectivity index (χ1) is 5.95. The van der Waals surface area contributed by atoms with Gasteiger partial charge in [0.05, 0.1) is 11.9 Å². The van der Waals surface area contributed by atoms with E-state index in [-0.39, 0.29) is 0 Å². The normalized spacial score (nSPS) is 10.0. The highest BCUT2D eigenvalue weighted by Crippen LogP contribution is 2.02. The Morgan fingerprint density at radius 2 is 2.42 bits per heavy atom. The van der Waals surface area contributed by atoms with Crippen LogP contribution in [0.5, 0.6) is 0 Å². The zero-order valence-electron chi connectivity index (χ0n) is 6.44. The molecule has 4 heteroatoms. The highest BCUT2D eigenvalue weighted by atomic mass is 15.1. The van der Waals surface area contributed by atoms with Crippen LogP contribution in [0.4, 0.5) is 0 Å². The van der Waals surface area contributed by atoms with E-state index in [1.54, 1.807) is 12.4 Å². The molecule has 0 bridgehead atoms. The molecule has 2 aromatic heterocycles. The highest BCUT2D eigenvalue weighted by Gasteiger charge is 1.96. The number of rotatable bonds is 2. The number of nitrogens with one attached hydrogen (secondary N) is 1. The number of nitrogens with zero attached hydrogens (tertiary/aromatic N) is 3. The molecule has 0 aliphatic heterocycles. The molecule has 4 nitrogen and oxygen atoms in total. The second-order valence-corrected chi connectivity index (χ2v) is 2.50. The van der Waals surface area contributed by atoms with Crippen molar-refractivity contribution in [2.24, 2.45) is 0 Å². The summed E-state index contributed by atoms with van der Waals surface area (Å²) in [5, 5.41) is 14.3. The minimum absolute atomic E-state index is 0.782. The molecule has 0 spiro atoms. The molecule has 0 unspecified atom stereocenters. The van der Waals surface area contributed by atoms with Crippen LogP contribution in [0.25, 0.3) is 0 Å². The van der Waals surface area contributed by atoms with E-state index in [0.717, 1.165) is 17.7 Å². The summed E-state index contributed by atoms with van der Waals surface area (Å²) in [6, 6.07) is 3.82. The second-order valence-electron chi connectivity index (χ2n) is 2.50. The summed E-state index contributed by atoms with van der Waals surface area (Å²) in [7, 11) is 0. The fourth-order valence-corrected chi connectivity index (χ4v) is 1.01. The van der Waals surface area contributed by atoms with Crippen LogP contribution in [0.15, 0.2) is 30.7 Å². The summed E-state index contributed by atoms with van der Waals surface area (Å²) in [6.07, 6.45) is 6.09. The Morgan fingerprint density at radius 1 is 1.42 bits per heavy atom. The summed E-state index contributed by atoms with van der Waals surface area (Å²) >= 11 is 0. The van der Waals surface area contributed by atoms with E-state index in [2.05, 4.69) is 20.4 Å². The molecular weight excluding hydrogens is 152 g/mol. The van der Waals surface area contributed by atoms with Crippen LogP contribution in [-0.2, 0) is 6.42 Å². The van der Waals surface area contributed by atoms with Gasteiger partial charge in [0.15, 0.2) is 0 Å². The summed E-state index contributed by atoms with van der Waals surface area (Å²) in [4.78, 5) is 0. The van der Waals surface area contributed by atoms with E-state index in [4.69, 9.17) is 0 Å². The van der Waals surface area contributed by atoms with Gasteiger partial charge in [-0.15, -0.1) is 0 Å². The average Bonchev–Trinajstić information content (AvgIpc) is 2.59.